The number of hydrogen-bond acceptors (Lipinski definition) is 4. The Morgan fingerprint density at radius 1 is 1.09 bits per heavy atom. The Labute approximate surface area is 190 Å². The molecule has 2 N–H and O–H groups in total. The van der Waals surface area contributed by atoms with Gasteiger partial charge in [-0.15, -0.1) is 0 Å². The molecule has 0 bridgehead atoms. The average Bonchev–Trinajstić information content (AvgIpc) is 3.48. The van der Waals surface area contributed by atoms with Crippen molar-refractivity contribution in [1.82, 2.24) is 25.3 Å². The van der Waals surface area contributed by atoms with E-state index in [1.807, 2.05) is 30.1 Å². The van der Waals surface area contributed by atoms with Crippen molar-refractivity contribution in [3.63, 3.8) is 0 Å². The summed E-state index contributed by atoms with van der Waals surface area (Å²) >= 11 is 0. The number of hydrogen-bond donors (Lipinski definition) is 2. The zero-order chi connectivity index (χ0) is 22.0. The lowest BCUT2D eigenvalue weighted by Crippen LogP contribution is -2.49. The molecule has 7 heteroatoms. The van der Waals surface area contributed by atoms with Crippen molar-refractivity contribution in [2.75, 3.05) is 26.2 Å². The molecule has 2 aromatic heterocycles. The smallest absolute Gasteiger partial charge is 0.191 e. The molecule has 0 aliphatic carbocycles. The highest BCUT2D eigenvalue weighted by atomic mass is 16.3. The van der Waals surface area contributed by atoms with Crippen molar-refractivity contribution < 1.29 is 4.42 Å². The van der Waals surface area contributed by atoms with Gasteiger partial charge in [-0.05, 0) is 36.6 Å². The van der Waals surface area contributed by atoms with Crippen LogP contribution < -0.4 is 10.6 Å². The number of aryl methyl sites for hydroxylation is 1. The molecular formula is C25H34N6O. The van der Waals surface area contributed by atoms with E-state index in [0.29, 0.717) is 12.6 Å². The first kappa shape index (κ1) is 22.1. The van der Waals surface area contributed by atoms with Crippen molar-refractivity contribution >= 4 is 5.96 Å². The van der Waals surface area contributed by atoms with E-state index in [1.165, 1.54) is 11.3 Å². The predicted octanol–water partition coefficient (Wildman–Crippen LogP) is 3.00. The van der Waals surface area contributed by atoms with Gasteiger partial charge < -0.3 is 15.1 Å². The van der Waals surface area contributed by atoms with Gasteiger partial charge in [-0.2, -0.15) is 5.10 Å². The minimum absolute atomic E-state index is 0.439. The van der Waals surface area contributed by atoms with E-state index in [4.69, 9.17) is 9.41 Å². The largest absolute Gasteiger partial charge is 0.469 e. The summed E-state index contributed by atoms with van der Waals surface area (Å²) in [5.41, 5.74) is 2.59. The fraction of sp³-hybridized carbons (Fsp3) is 0.440. The monoisotopic (exact) mass is 434 g/mol. The van der Waals surface area contributed by atoms with Crippen LogP contribution in [0.1, 0.15) is 29.9 Å². The number of guanidine groups is 1. The number of nitrogens with one attached hydrogen (secondary N) is 2. The number of piperidine rings is 1. The van der Waals surface area contributed by atoms with E-state index in [0.717, 1.165) is 63.6 Å². The Bertz CT molecular complexity index is 942. The highest BCUT2D eigenvalue weighted by Gasteiger charge is 2.20. The maximum Gasteiger partial charge on any atom is 0.191 e. The Hall–Kier alpha value is -3.06. The van der Waals surface area contributed by atoms with E-state index in [9.17, 15) is 0 Å². The van der Waals surface area contributed by atoms with Crippen molar-refractivity contribution in [3.05, 3.63) is 78.0 Å². The van der Waals surface area contributed by atoms with Crippen LogP contribution in [0.25, 0.3) is 0 Å². The summed E-state index contributed by atoms with van der Waals surface area (Å²) < 4.78 is 7.37. The molecule has 3 aromatic rings. The molecule has 0 spiro atoms. The SMILES string of the molecule is Cn1nccc1CCNC(=NCCc1ccco1)NC1CCN(Cc2ccccc2)CC1. The molecule has 0 unspecified atom stereocenters. The van der Waals surface area contributed by atoms with Gasteiger partial charge in [0.1, 0.15) is 5.76 Å². The molecule has 0 atom stereocenters. The second kappa shape index (κ2) is 11.5. The molecule has 170 valence electrons. The van der Waals surface area contributed by atoms with Crippen LogP contribution in [-0.4, -0.2) is 52.9 Å². The van der Waals surface area contributed by atoms with Gasteiger partial charge in [0.05, 0.1) is 6.26 Å². The molecule has 3 heterocycles. The lowest BCUT2D eigenvalue weighted by Gasteiger charge is -2.33. The minimum atomic E-state index is 0.439. The molecule has 1 fully saturated rings. The number of nitrogens with zero attached hydrogens (tertiary/aromatic N) is 4. The summed E-state index contributed by atoms with van der Waals surface area (Å²) in [7, 11) is 1.98. The normalized spacial score (nSPS) is 15.7. The van der Waals surface area contributed by atoms with Gasteiger partial charge in [-0.1, -0.05) is 30.3 Å². The molecular weight excluding hydrogens is 400 g/mol. The lowest BCUT2D eigenvalue weighted by atomic mass is 10.0. The molecule has 1 saturated heterocycles. The second-order valence-corrected chi connectivity index (χ2v) is 8.36. The third-order valence-electron chi connectivity index (χ3n) is 5.98. The fourth-order valence-electron chi connectivity index (χ4n) is 4.11. The first-order valence-electron chi connectivity index (χ1n) is 11.6. The van der Waals surface area contributed by atoms with E-state index < -0.39 is 0 Å². The third kappa shape index (κ3) is 6.72. The molecule has 1 aliphatic rings. The first-order chi connectivity index (χ1) is 15.8. The van der Waals surface area contributed by atoms with E-state index in [1.54, 1.807) is 6.26 Å². The molecule has 1 aromatic carbocycles. The van der Waals surface area contributed by atoms with Crippen LogP contribution in [0.2, 0.25) is 0 Å². The number of likely N-dealkylation sites (tertiary alicyclic amines) is 1. The van der Waals surface area contributed by atoms with Gasteiger partial charge in [0.15, 0.2) is 5.96 Å². The van der Waals surface area contributed by atoms with Crippen LogP contribution in [0.5, 0.6) is 0 Å². The Morgan fingerprint density at radius 3 is 2.66 bits per heavy atom. The molecule has 32 heavy (non-hydrogen) atoms. The van der Waals surface area contributed by atoms with Crippen molar-refractivity contribution in [3.8, 4) is 0 Å². The predicted molar refractivity (Wildman–Crippen MR) is 128 cm³/mol. The number of benzene rings is 1. The van der Waals surface area contributed by atoms with Gasteiger partial charge in [0, 0.05) is 70.5 Å². The summed E-state index contributed by atoms with van der Waals surface area (Å²) in [4.78, 5) is 7.36. The number of aliphatic imine (C=N–C) groups is 1. The molecule has 0 amide bonds. The minimum Gasteiger partial charge on any atom is -0.469 e. The van der Waals surface area contributed by atoms with E-state index in [2.05, 4.69) is 57.0 Å². The summed E-state index contributed by atoms with van der Waals surface area (Å²) in [5.74, 6) is 1.86. The number of aromatic nitrogens is 2. The molecule has 0 radical (unpaired) electrons. The number of furan rings is 1. The standard InChI is InChI=1S/C25H34N6O/c1-30-23(10-16-28-30)9-14-26-25(27-15-11-24-8-5-19-32-24)29-22-12-17-31(18-13-22)20-21-6-3-2-4-7-21/h2-8,10,16,19,22H,9,11-15,17-18,20H2,1H3,(H2,26,27,29). The van der Waals surface area contributed by atoms with Crippen LogP contribution in [0.3, 0.4) is 0 Å². The lowest BCUT2D eigenvalue weighted by molar-refractivity contribution is 0.198. The Morgan fingerprint density at radius 2 is 1.94 bits per heavy atom. The van der Waals surface area contributed by atoms with Crippen molar-refractivity contribution in [1.29, 1.82) is 0 Å². The Balaban J connectivity index is 1.27. The maximum absolute atomic E-state index is 5.44. The summed E-state index contributed by atoms with van der Waals surface area (Å²) in [6.07, 6.45) is 7.51. The Kier molecular flexibility index (Phi) is 7.98. The van der Waals surface area contributed by atoms with Crippen LogP contribution in [0.15, 0.2) is 70.4 Å². The summed E-state index contributed by atoms with van der Waals surface area (Å²) in [6.45, 7) is 4.74. The molecule has 4 rings (SSSR count). The second-order valence-electron chi connectivity index (χ2n) is 8.36. The maximum atomic E-state index is 5.44. The molecule has 7 nitrogen and oxygen atoms in total. The summed E-state index contributed by atoms with van der Waals surface area (Å²) in [6, 6.07) is 17.2. The number of rotatable bonds is 9. The highest BCUT2D eigenvalue weighted by molar-refractivity contribution is 5.80. The van der Waals surface area contributed by atoms with Gasteiger partial charge in [-0.25, -0.2) is 0 Å². The average molecular weight is 435 g/mol. The van der Waals surface area contributed by atoms with E-state index >= 15 is 0 Å². The summed E-state index contributed by atoms with van der Waals surface area (Å²) in [5, 5.41) is 11.4. The van der Waals surface area contributed by atoms with Crippen LogP contribution in [0, 0.1) is 0 Å². The van der Waals surface area contributed by atoms with Gasteiger partial charge in [0.2, 0.25) is 0 Å². The topological polar surface area (TPSA) is 70.6 Å². The van der Waals surface area contributed by atoms with Crippen molar-refractivity contribution in [2.24, 2.45) is 12.0 Å². The van der Waals surface area contributed by atoms with E-state index in [-0.39, 0.29) is 0 Å². The first-order valence-corrected chi connectivity index (χ1v) is 11.6. The molecule has 0 saturated carbocycles. The molecule has 1 aliphatic heterocycles. The van der Waals surface area contributed by atoms with Gasteiger partial charge in [0.25, 0.3) is 0 Å². The van der Waals surface area contributed by atoms with Crippen LogP contribution in [0.4, 0.5) is 0 Å². The highest BCUT2D eigenvalue weighted by Crippen LogP contribution is 2.14. The quantitative estimate of drug-likeness (QED) is 0.400. The van der Waals surface area contributed by atoms with Crippen LogP contribution >= 0.6 is 0 Å². The van der Waals surface area contributed by atoms with Crippen LogP contribution in [-0.2, 0) is 26.4 Å². The zero-order valence-electron chi connectivity index (χ0n) is 18.9. The fourth-order valence-corrected chi connectivity index (χ4v) is 4.11. The third-order valence-corrected chi connectivity index (χ3v) is 5.98. The van der Waals surface area contributed by atoms with Gasteiger partial charge >= 0.3 is 0 Å². The zero-order valence-corrected chi connectivity index (χ0v) is 18.9. The van der Waals surface area contributed by atoms with Crippen molar-refractivity contribution in [2.45, 2.75) is 38.3 Å². The van der Waals surface area contributed by atoms with Gasteiger partial charge in [-0.3, -0.25) is 14.6 Å².